The Labute approximate surface area is 149 Å². The molecule has 0 aromatic heterocycles. The predicted octanol–water partition coefficient (Wildman–Crippen LogP) is 5.27. The first-order chi connectivity index (χ1) is 12.1. The number of carbonyl (C=O) groups is 2. The number of amides is 1. The Bertz CT molecular complexity index is 728. The Hall–Kier alpha value is -2.68. The number of nitrogens with one attached hydrogen (secondary N) is 1. The van der Waals surface area contributed by atoms with Gasteiger partial charge < -0.3 is 5.32 Å². The molecule has 0 saturated heterocycles. The number of hydrogen-bond donors (Lipinski definition) is 1. The molecule has 0 aliphatic rings. The van der Waals surface area contributed by atoms with Crippen molar-refractivity contribution in [3.63, 3.8) is 0 Å². The second-order valence-corrected chi connectivity index (χ2v) is 6.15. The first-order valence-corrected chi connectivity index (χ1v) is 8.77. The van der Waals surface area contributed by atoms with E-state index in [0.29, 0.717) is 5.56 Å². The minimum absolute atomic E-state index is 0.00829. The maximum Gasteiger partial charge on any atom is 0.221 e. The molecule has 0 aliphatic carbocycles. The van der Waals surface area contributed by atoms with Crippen LogP contribution in [0.25, 0.3) is 6.08 Å². The van der Waals surface area contributed by atoms with Gasteiger partial charge in [0.1, 0.15) is 0 Å². The first-order valence-electron chi connectivity index (χ1n) is 8.77. The van der Waals surface area contributed by atoms with Crippen LogP contribution in [0.5, 0.6) is 0 Å². The standard InChI is InChI=1S/C22H25NO2/c1-3-4-5-6-18-7-12-20(13-8-18)22(25)16-11-19-9-14-21(15-10-19)23-17(2)24/h7-16H,3-6H2,1-2H3,(H,23,24)/b16-11+. The highest BCUT2D eigenvalue weighted by molar-refractivity contribution is 6.06. The van der Waals surface area contributed by atoms with Gasteiger partial charge in [-0.3, -0.25) is 9.59 Å². The van der Waals surface area contributed by atoms with Crippen LogP contribution < -0.4 is 5.32 Å². The van der Waals surface area contributed by atoms with Gasteiger partial charge in [-0.25, -0.2) is 0 Å². The smallest absolute Gasteiger partial charge is 0.221 e. The average Bonchev–Trinajstić information content (AvgIpc) is 2.61. The van der Waals surface area contributed by atoms with Crippen LogP contribution >= 0.6 is 0 Å². The van der Waals surface area contributed by atoms with Gasteiger partial charge in [0.15, 0.2) is 5.78 Å². The Morgan fingerprint density at radius 2 is 1.64 bits per heavy atom. The Morgan fingerprint density at radius 1 is 0.960 bits per heavy atom. The van der Waals surface area contributed by atoms with E-state index in [1.54, 1.807) is 12.2 Å². The van der Waals surface area contributed by atoms with E-state index < -0.39 is 0 Å². The summed E-state index contributed by atoms with van der Waals surface area (Å²) in [5.74, 6) is -0.109. The van der Waals surface area contributed by atoms with Gasteiger partial charge in [-0.2, -0.15) is 0 Å². The van der Waals surface area contributed by atoms with E-state index in [9.17, 15) is 9.59 Å². The first kappa shape index (κ1) is 18.7. The molecule has 0 unspecified atom stereocenters. The van der Waals surface area contributed by atoms with Gasteiger partial charge in [0.25, 0.3) is 0 Å². The van der Waals surface area contributed by atoms with Crippen LogP contribution in [-0.2, 0) is 11.2 Å². The zero-order valence-electron chi connectivity index (χ0n) is 14.9. The zero-order valence-corrected chi connectivity index (χ0v) is 14.9. The Morgan fingerprint density at radius 3 is 2.24 bits per heavy atom. The molecular formula is C22H25NO2. The van der Waals surface area contributed by atoms with E-state index in [0.717, 1.165) is 17.7 Å². The molecule has 3 nitrogen and oxygen atoms in total. The number of allylic oxidation sites excluding steroid dienone is 1. The molecule has 0 atom stereocenters. The largest absolute Gasteiger partial charge is 0.326 e. The normalized spacial score (nSPS) is 10.8. The third-order valence-corrected chi connectivity index (χ3v) is 3.97. The highest BCUT2D eigenvalue weighted by atomic mass is 16.1. The van der Waals surface area contributed by atoms with Gasteiger partial charge in [-0.15, -0.1) is 0 Å². The molecule has 25 heavy (non-hydrogen) atoms. The fourth-order valence-corrected chi connectivity index (χ4v) is 2.56. The number of unbranched alkanes of at least 4 members (excludes halogenated alkanes) is 2. The van der Waals surface area contributed by atoms with Gasteiger partial charge in [-0.1, -0.05) is 62.2 Å². The highest BCUT2D eigenvalue weighted by Crippen LogP contribution is 2.13. The lowest BCUT2D eigenvalue weighted by Gasteiger charge is -2.03. The summed E-state index contributed by atoms with van der Waals surface area (Å²) in [6.07, 6.45) is 8.09. The van der Waals surface area contributed by atoms with Gasteiger partial charge in [0.2, 0.25) is 5.91 Å². The van der Waals surface area contributed by atoms with Crippen molar-refractivity contribution in [2.45, 2.75) is 39.5 Å². The van der Waals surface area contributed by atoms with E-state index in [1.807, 2.05) is 48.5 Å². The lowest BCUT2D eigenvalue weighted by molar-refractivity contribution is -0.114. The fourth-order valence-electron chi connectivity index (χ4n) is 2.56. The van der Waals surface area contributed by atoms with Crippen LogP contribution in [0.3, 0.4) is 0 Å². The summed E-state index contributed by atoms with van der Waals surface area (Å²) < 4.78 is 0. The summed E-state index contributed by atoms with van der Waals surface area (Å²) in [7, 11) is 0. The van der Waals surface area contributed by atoms with Gasteiger partial charge in [0, 0.05) is 18.2 Å². The monoisotopic (exact) mass is 335 g/mol. The van der Waals surface area contributed by atoms with Crippen LogP contribution in [0.4, 0.5) is 5.69 Å². The van der Waals surface area contributed by atoms with Crippen molar-refractivity contribution in [2.24, 2.45) is 0 Å². The summed E-state index contributed by atoms with van der Waals surface area (Å²) in [6.45, 7) is 3.67. The average molecular weight is 335 g/mol. The molecule has 0 fully saturated rings. The molecule has 1 N–H and O–H groups in total. The third kappa shape index (κ3) is 6.38. The number of carbonyl (C=O) groups excluding carboxylic acids is 2. The number of hydrogen-bond acceptors (Lipinski definition) is 2. The number of aryl methyl sites for hydroxylation is 1. The van der Waals surface area contributed by atoms with Crippen LogP contribution in [0, 0.1) is 0 Å². The van der Waals surface area contributed by atoms with E-state index in [2.05, 4.69) is 12.2 Å². The Balaban J connectivity index is 1.94. The lowest BCUT2D eigenvalue weighted by Crippen LogP contribution is -2.05. The fraction of sp³-hybridized carbons (Fsp3) is 0.273. The van der Waals surface area contributed by atoms with Crippen LogP contribution in [0.2, 0.25) is 0 Å². The maximum atomic E-state index is 12.3. The molecule has 2 aromatic rings. The maximum absolute atomic E-state index is 12.3. The highest BCUT2D eigenvalue weighted by Gasteiger charge is 2.02. The molecule has 0 radical (unpaired) electrons. The number of ketones is 1. The second-order valence-electron chi connectivity index (χ2n) is 6.15. The number of anilines is 1. The minimum atomic E-state index is -0.100. The molecule has 0 heterocycles. The number of rotatable bonds is 8. The van der Waals surface area contributed by atoms with Crippen molar-refractivity contribution in [2.75, 3.05) is 5.32 Å². The van der Waals surface area contributed by atoms with Crippen molar-refractivity contribution in [3.05, 3.63) is 71.3 Å². The van der Waals surface area contributed by atoms with Crippen LogP contribution in [0.1, 0.15) is 54.6 Å². The molecule has 0 spiro atoms. The number of benzene rings is 2. The topological polar surface area (TPSA) is 46.2 Å². The van der Waals surface area contributed by atoms with E-state index in [4.69, 9.17) is 0 Å². The third-order valence-electron chi connectivity index (χ3n) is 3.97. The summed E-state index contributed by atoms with van der Waals surface area (Å²) in [4.78, 5) is 23.3. The van der Waals surface area contributed by atoms with Crippen molar-refractivity contribution < 1.29 is 9.59 Å². The molecule has 130 valence electrons. The van der Waals surface area contributed by atoms with Crippen molar-refractivity contribution >= 4 is 23.5 Å². The van der Waals surface area contributed by atoms with Gasteiger partial charge in [-0.05, 0) is 42.2 Å². The molecule has 3 heteroatoms. The quantitative estimate of drug-likeness (QED) is 0.405. The molecule has 2 aromatic carbocycles. The van der Waals surface area contributed by atoms with E-state index >= 15 is 0 Å². The van der Waals surface area contributed by atoms with Gasteiger partial charge in [0.05, 0.1) is 0 Å². The van der Waals surface area contributed by atoms with Crippen LogP contribution in [-0.4, -0.2) is 11.7 Å². The molecule has 1 amide bonds. The molecule has 0 saturated carbocycles. The molecule has 0 aliphatic heterocycles. The van der Waals surface area contributed by atoms with E-state index in [1.165, 1.54) is 31.7 Å². The predicted molar refractivity (Wildman–Crippen MR) is 104 cm³/mol. The molecule has 0 bridgehead atoms. The second kappa shape index (κ2) is 9.58. The lowest BCUT2D eigenvalue weighted by atomic mass is 10.0. The molecule has 2 rings (SSSR count). The summed E-state index contributed by atoms with van der Waals surface area (Å²) in [5.41, 5.74) is 3.64. The Kier molecular flexibility index (Phi) is 7.15. The van der Waals surface area contributed by atoms with E-state index in [-0.39, 0.29) is 11.7 Å². The summed E-state index contributed by atoms with van der Waals surface area (Å²) in [6, 6.07) is 15.2. The summed E-state index contributed by atoms with van der Waals surface area (Å²) >= 11 is 0. The molecular weight excluding hydrogens is 310 g/mol. The van der Waals surface area contributed by atoms with Crippen LogP contribution in [0.15, 0.2) is 54.6 Å². The SMILES string of the molecule is CCCCCc1ccc(C(=O)/C=C/c2ccc(NC(C)=O)cc2)cc1. The van der Waals surface area contributed by atoms with Crippen molar-refractivity contribution in [3.8, 4) is 0 Å². The summed E-state index contributed by atoms with van der Waals surface area (Å²) in [5, 5.41) is 2.72. The van der Waals surface area contributed by atoms with Crippen molar-refractivity contribution in [1.82, 2.24) is 0 Å². The van der Waals surface area contributed by atoms with Gasteiger partial charge >= 0.3 is 0 Å². The minimum Gasteiger partial charge on any atom is -0.326 e. The zero-order chi connectivity index (χ0) is 18.1. The van der Waals surface area contributed by atoms with Crippen molar-refractivity contribution in [1.29, 1.82) is 0 Å².